The van der Waals surface area contributed by atoms with E-state index in [9.17, 15) is 19.5 Å². The van der Waals surface area contributed by atoms with Crippen LogP contribution < -0.4 is 0 Å². The van der Waals surface area contributed by atoms with Crippen LogP contribution in [0.5, 0.6) is 0 Å². The minimum Gasteiger partial charge on any atom is -0.478 e. The quantitative estimate of drug-likeness (QED) is 0.488. The molecule has 1 N–H and O–H groups in total. The van der Waals surface area contributed by atoms with Gasteiger partial charge in [-0.1, -0.05) is 41.4 Å². The Labute approximate surface area is 187 Å². The number of rotatable bonds is 5. The number of amides is 2. The van der Waals surface area contributed by atoms with Gasteiger partial charge in [-0.2, -0.15) is 0 Å². The van der Waals surface area contributed by atoms with E-state index in [1.807, 2.05) is 31.2 Å². The number of benzene rings is 2. The number of halogens is 1. The molecule has 31 heavy (non-hydrogen) atoms. The van der Waals surface area contributed by atoms with E-state index in [0.29, 0.717) is 22.1 Å². The van der Waals surface area contributed by atoms with E-state index in [1.54, 1.807) is 12.1 Å². The zero-order chi connectivity index (χ0) is 22.1. The van der Waals surface area contributed by atoms with Crippen molar-refractivity contribution >= 4 is 46.6 Å². The van der Waals surface area contributed by atoms with Gasteiger partial charge in [-0.25, -0.2) is 4.79 Å². The zero-order valence-electron chi connectivity index (χ0n) is 16.3. The summed E-state index contributed by atoms with van der Waals surface area (Å²) in [4.78, 5) is 37.8. The molecule has 156 valence electrons. The second-order valence-electron chi connectivity index (χ2n) is 6.96. The third kappa shape index (κ3) is 4.42. The lowest BCUT2D eigenvalue weighted by Gasteiger charge is -2.12. The highest BCUT2D eigenvalue weighted by Gasteiger charge is 2.35. The Morgan fingerprint density at radius 1 is 1.16 bits per heavy atom. The van der Waals surface area contributed by atoms with E-state index >= 15 is 0 Å². The highest BCUT2D eigenvalue weighted by atomic mass is 35.5. The third-order valence-electron chi connectivity index (χ3n) is 4.68. The van der Waals surface area contributed by atoms with E-state index in [4.69, 9.17) is 16.0 Å². The van der Waals surface area contributed by atoms with Crippen molar-refractivity contribution in [3.8, 4) is 11.3 Å². The van der Waals surface area contributed by atoms with Crippen molar-refractivity contribution < 1.29 is 23.9 Å². The number of carboxylic acids is 1. The summed E-state index contributed by atoms with van der Waals surface area (Å²) in [5.74, 6) is -0.751. The number of carbonyl (C=O) groups is 3. The first-order valence-electron chi connectivity index (χ1n) is 9.26. The van der Waals surface area contributed by atoms with Crippen molar-refractivity contribution in [1.82, 2.24) is 4.90 Å². The van der Waals surface area contributed by atoms with E-state index in [0.717, 1.165) is 22.9 Å². The predicted molar refractivity (Wildman–Crippen MR) is 119 cm³/mol. The summed E-state index contributed by atoms with van der Waals surface area (Å²) in [6.07, 6.45) is 1.50. The fraction of sp³-hybridized carbons (Fsp3) is 0.0870. The summed E-state index contributed by atoms with van der Waals surface area (Å²) in [7, 11) is 0. The maximum absolute atomic E-state index is 12.7. The third-order valence-corrected chi connectivity index (χ3v) is 5.91. The van der Waals surface area contributed by atoms with E-state index in [-0.39, 0.29) is 28.2 Å². The molecule has 1 aliphatic rings. The molecule has 0 bridgehead atoms. The number of furan rings is 1. The molecular weight excluding hydrogens is 438 g/mol. The topological polar surface area (TPSA) is 87.8 Å². The number of aromatic carboxylic acids is 1. The Morgan fingerprint density at radius 3 is 2.71 bits per heavy atom. The molecule has 0 spiro atoms. The molecule has 2 amide bonds. The number of thioether (sulfide) groups is 1. The molecule has 2 aromatic carbocycles. The number of imide groups is 1. The molecule has 0 aliphatic carbocycles. The minimum atomic E-state index is -1.08. The first-order valence-corrected chi connectivity index (χ1v) is 10.5. The average molecular weight is 454 g/mol. The monoisotopic (exact) mass is 453 g/mol. The molecule has 0 atom stereocenters. The summed E-state index contributed by atoms with van der Waals surface area (Å²) in [5.41, 5.74) is 2.42. The van der Waals surface area contributed by atoms with Crippen molar-refractivity contribution in [3.63, 3.8) is 0 Å². The summed E-state index contributed by atoms with van der Waals surface area (Å²) < 4.78 is 5.75. The Bertz CT molecular complexity index is 1250. The van der Waals surface area contributed by atoms with Gasteiger partial charge in [0.25, 0.3) is 11.1 Å². The first-order chi connectivity index (χ1) is 14.8. The van der Waals surface area contributed by atoms with Gasteiger partial charge < -0.3 is 9.52 Å². The maximum atomic E-state index is 12.7. The van der Waals surface area contributed by atoms with Crippen LogP contribution in [0.15, 0.2) is 63.9 Å². The number of nitrogens with zero attached hydrogens (tertiary/aromatic N) is 1. The van der Waals surface area contributed by atoms with Gasteiger partial charge in [-0.05, 0) is 54.6 Å². The van der Waals surface area contributed by atoms with Crippen molar-refractivity contribution in [2.45, 2.75) is 13.5 Å². The molecule has 0 unspecified atom stereocenters. The predicted octanol–water partition coefficient (Wildman–Crippen LogP) is 5.84. The molecule has 1 saturated heterocycles. The zero-order valence-corrected chi connectivity index (χ0v) is 17.9. The van der Waals surface area contributed by atoms with E-state index in [1.165, 1.54) is 29.2 Å². The van der Waals surface area contributed by atoms with Crippen LogP contribution >= 0.6 is 23.4 Å². The lowest BCUT2D eigenvalue weighted by atomic mass is 10.1. The highest BCUT2D eigenvalue weighted by Crippen LogP contribution is 2.35. The van der Waals surface area contributed by atoms with Crippen LogP contribution in [0.3, 0.4) is 0 Å². The van der Waals surface area contributed by atoms with E-state index < -0.39 is 5.97 Å². The van der Waals surface area contributed by atoms with Gasteiger partial charge in [0.1, 0.15) is 11.5 Å². The summed E-state index contributed by atoms with van der Waals surface area (Å²) in [5, 5.41) is 9.17. The lowest BCUT2D eigenvalue weighted by Crippen LogP contribution is -2.27. The fourth-order valence-corrected chi connectivity index (χ4v) is 4.21. The molecule has 3 aromatic rings. The van der Waals surface area contributed by atoms with Crippen molar-refractivity contribution in [1.29, 1.82) is 0 Å². The smallest absolute Gasteiger partial charge is 0.335 e. The number of carboxylic acid groups (broad SMARTS) is 1. The fourth-order valence-electron chi connectivity index (χ4n) is 3.18. The Balaban J connectivity index is 1.57. The molecule has 1 aromatic heterocycles. The second-order valence-corrected chi connectivity index (χ2v) is 8.36. The summed E-state index contributed by atoms with van der Waals surface area (Å²) >= 11 is 7.04. The maximum Gasteiger partial charge on any atom is 0.335 e. The van der Waals surface area contributed by atoms with Crippen LogP contribution in [0.2, 0.25) is 5.02 Å². The molecule has 4 rings (SSSR count). The standard InChI is InChI=1S/C23H16ClNO5S/c1-13-3-2-4-14(9-13)12-25-21(26)20(31-23(25)29)11-16-6-8-19(30-16)17-10-15(22(27)28)5-7-18(17)24/h2-11H,12H2,1H3,(H,27,28)/b20-11-. The number of hydrogen-bond donors (Lipinski definition) is 1. The molecule has 1 fully saturated rings. The largest absolute Gasteiger partial charge is 0.478 e. The lowest BCUT2D eigenvalue weighted by molar-refractivity contribution is -0.123. The molecule has 0 saturated carbocycles. The average Bonchev–Trinajstić information content (AvgIpc) is 3.28. The van der Waals surface area contributed by atoms with Gasteiger partial charge in [0, 0.05) is 11.6 Å². The normalized spacial score (nSPS) is 15.2. The van der Waals surface area contributed by atoms with Gasteiger partial charge >= 0.3 is 5.97 Å². The van der Waals surface area contributed by atoms with Crippen LogP contribution in [0.1, 0.15) is 27.2 Å². The van der Waals surface area contributed by atoms with Crippen molar-refractivity contribution in [3.05, 3.63) is 87.0 Å². The number of hydrogen-bond acceptors (Lipinski definition) is 5. The van der Waals surface area contributed by atoms with Gasteiger partial charge in [0.15, 0.2) is 0 Å². The van der Waals surface area contributed by atoms with Gasteiger partial charge in [-0.3, -0.25) is 14.5 Å². The summed E-state index contributed by atoms with van der Waals surface area (Å²) in [6.45, 7) is 2.15. The van der Waals surface area contributed by atoms with Crippen LogP contribution in [0, 0.1) is 6.92 Å². The second kappa shape index (κ2) is 8.45. The van der Waals surface area contributed by atoms with Crippen molar-refractivity contribution in [2.24, 2.45) is 0 Å². The van der Waals surface area contributed by atoms with Crippen LogP contribution in [-0.2, 0) is 11.3 Å². The molecule has 1 aliphatic heterocycles. The van der Waals surface area contributed by atoms with Gasteiger partial charge in [-0.15, -0.1) is 0 Å². The Hall–Kier alpha value is -3.29. The molecule has 0 radical (unpaired) electrons. The van der Waals surface area contributed by atoms with Gasteiger partial charge in [0.2, 0.25) is 0 Å². The van der Waals surface area contributed by atoms with Gasteiger partial charge in [0.05, 0.1) is 22.0 Å². The number of aryl methyl sites for hydroxylation is 1. The van der Waals surface area contributed by atoms with Crippen LogP contribution in [-0.4, -0.2) is 27.1 Å². The highest BCUT2D eigenvalue weighted by molar-refractivity contribution is 8.18. The molecule has 6 nitrogen and oxygen atoms in total. The first kappa shape index (κ1) is 21.0. The van der Waals surface area contributed by atoms with Crippen LogP contribution in [0.25, 0.3) is 17.4 Å². The van der Waals surface area contributed by atoms with E-state index in [2.05, 4.69) is 0 Å². The number of carbonyl (C=O) groups excluding carboxylic acids is 2. The Morgan fingerprint density at radius 2 is 1.97 bits per heavy atom. The SMILES string of the molecule is Cc1cccc(CN2C(=O)S/C(=C\c3ccc(-c4cc(C(=O)O)ccc4Cl)o3)C2=O)c1. The molecule has 8 heteroatoms. The van der Waals surface area contributed by atoms with Crippen molar-refractivity contribution in [2.75, 3.05) is 0 Å². The van der Waals surface area contributed by atoms with Crippen LogP contribution in [0.4, 0.5) is 4.79 Å². The minimum absolute atomic E-state index is 0.0784. The molecular formula is C23H16ClNO5S. The Kier molecular flexibility index (Phi) is 5.71. The summed E-state index contributed by atoms with van der Waals surface area (Å²) in [6, 6.07) is 15.2. The molecule has 2 heterocycles.